The number of aromatic nitrogens is 1. The zero-order chi connectivity index (χ0) is 12.6. The van der Waals surface area contributed by atoms with Crippen molar-refractivity contribution in [1.82, 2.24) is 4.98 Å². The summed E-state index contributed by atoms with van der Waals surface area (Å²) in [6, 6.07) is 1.73. The summed E-state index contributed by atoms with van der Waals surface area (Å²) in [6.07, 6.45) is -1.14. The van der Waals surface area contributed by atoms with E-state index in [1.165, 1.54) is 0 Å². The second kappa shape index (κ2) is 4.59. The van der Waals surface area contributed by atoms with Crippen LogP contribution in [-0.4, -0.2) is 11.2 Å². The molecular formula is C12H13BrF3N. The maximum atomic E-state index is 12.8. The molecule has 17 heavy (non-hydrogen) atoms. The number of rotatable bonds is 3. The lowest BCUT2D eigenvalue weighted by Crippen LogP contribution is -2.27. The highest BCUT2D eigenvalue weighted by atomic mass is 79.9. The van der Waals surface area contributed by atoms with E-state index in [1.807, 2.05) is 6.92 Å². The zero-order valence-corrected chi connectivity index (χ0v) is 11.0. The summed E-state index contributed by atoms with van der Waals surface area (Å²) in [5.41, 5.74) is 1.45. The number of hydrogen-bond acceptors (Lipinski definition) is 1. The van der Waals surface area contributed by atoms with E-state index < -0.39 is 12.1 Å². The lowest BCUT2D eigenvalue weighted by molar-refractivity contribution is -0.180. The summed E-state index contributed by atoms with van der Waals surface area (Å²) >= 11 is 3.29. The molecule has 1 heterocycles. The molecule has 1 aliphatic carbocycles. The monoisotopic (exact) mass is 307 g/mol. The SMILES string of the molecule is Cc1cc(CC(C2CC2)C(F)(F)F)ncc1Br. The van der Waals surface area contributed by atoms with Gasteiger partial charge in [0.1, 0.15) is 0 Å². The molecule has 1 atom stereocenters. The second-order valence-corrected chi connectivity index (χ2v) is 5.47. The zero-order valence-electron chi connectivity index (χ0n) is 9.39. The fourth-order valence-electron chi connectivity index (χ4n) is 1.98. The van der Waals surface area contributed by atoms with Gasteiger partial charge in [-0.2, -0.15) is 13.2 Å². The van der Waals surface area contributed by atoms with Crippen LogP contribution < -0.4 is 0 Å². The molecule has 0 radical (unpaired) electrons. The van der Waals surface area contributed by atoms with Crippen LogP contribution in [0.2, 0.25) is 0 Å². The Kier molecular flexibility index (Phi) is 3.48. The summed E-state index contributed by atoms with van der Waals surface area (Å²) in [5, 5.41) is 0. The molecule has 0 spiro atoms. The van der Waals surface area contributed by atoms with Crippen LogP contribution in [-0.2, 0) is 6.42 Å². The molecule has 1 nitrogen and oxygen atoms in total. The molecule has 1 aliphatic rings. The molecule has 0 aliphatic heterocycles. The van der Waals surface area contributed by atoms with Crippen molar-refractivity contribution in [3.05, 3.63) is 28.0 Å². The first-order chi connectivity index (χ1) is 7.88. The fourth-order valence-corrected chi connectivity index (χ4v) is 2.20. The molecule has 0 bridgehead atoms. The number of halogens is 4. The van der Waals surface area contributed by atoms with E-state index in [0.29, 0.717) is 18.5 Å². The molecule has 0 amide bonds. The summed E-state index contributed by atoms with van der Waals surface area (Å²) < 4.78 is 39.3. The van der Waals surface area contributed by atoms with Gasteiger partial charge >= 0.3 is 6.18 Å². The van der Waals surface area contributed by atoms with E-state index in [1.54, 1.807) is 12.3 Å². The minimum Gasteiger partial charge on any atom is -0.260 e. The van der Waals surface area contributed by atoms with Crippen molar-refractivity contribution in [2.75, 3.05) is 0 Å². The van der Waals surface area contributed by atoms with Crippen LogP contribution in [0.4, 0.5) is 13.2 Å². The highest BCUT2D eigenvalue weighted by Gasteiger charge is 2.48. The maximum absolute atomic E-state index is 12.8. The van der Waals surface area contributed by atoms with Gasteiger partial charge in [-0.1, -0.05) is 0 Å². The van der Waals surface area contributed by atoms with E-state index >= 15 is 0 Å². The quantitative estimate of drug-likeness (QED) is 0.812. The summed E-state index contributed by atoms with van der Waals surface area (Å²) in [7, 11) is 0. The van der Waals surface area contributed by atoms with Gasteiger partial charge in [0.05, 0.1) is 5.92 Å². The average molecular weight is 308 g/mol. The van der Waals surface area contributed by atoms with E-state index in [-0.39, 0.29) is 12.3 Å². The van der Waals surface area contributed by atoms with Gasteiger partial charge in [-0.05, 0) is 53.2 Å². The largest absolute Gasteiger partial charge is 0.392 e. The van der Waals surface area contributed by atoms with Crippen molar-refractivity contribution in [3.63, 3.8) is 0 Å². The number of aryl methyl sites for hydroxylation is 1. The minimum atomic E-state index is -4.11. The van der Waals surface area contributed by atoms with Crippen LogP contribution >= 0.6 is 15.9 Å². The molecule has 1 unspecified atom stereocenters. The number of nitrogens with zero attached hydrogens (tertiary/aromatic N) is 1. The first-order valence-corrected chi connectivity index (χ1v) is 6.35. The Morgan fingerprint density at radius 2 is 2.12 bits per heavy atom. The van der Waals surface area contributed by atoms with Gasteiger partial charge in [-0.25, -0.2) is 0 Å². The van der Waals surface area contributed by atoms with E-state index in [9.17, 15) is 13.2 Å². The van der Waals surface area contributed by atoms with Crippen LogP contribution in [0.3, 0.4) is 0 Å². The Hall–Kier alpha value is -0.580. The normalized spacial score (nSPS) is 18.2. The van der Waals surface area contributed by atoms with Crippen LogP contribution in [0.5, 0.6) is 0 Å². The first-order valence-electron chi connectivity index (χ1n) is 5.55. The van der Waals surface area contributed by atoms with Crippen LogP contribution in [0.1, 0.15) is 24.1 Å². The predicted octanol–water partition coefficient (Wildman–Crippen LogP) is 4.28. The lowest BCUT2D eigenvalue weighted by Gasteiger charge is -2.19. The first kappa shape index (κ1) is 12.9. The fraction of sp³-hybridized carbons (Fsp3) is 0.583. The van der Waals surface area contributed by atoms with Gasteiger partial charge in [0, 0.05) is 22.8 Å². The van der Waals surface area contributed by atoms with Crippen molar-refractivity contribution in [3.8, 4) is 0 Å². The van der Waals surface area contributed by atoms with Gasteiger partial charge < -0.3 is 0 Å². The molecule has 0 N–H and O–H groups in total. The van der Waals surface area contributed by atoms with Gasteiger partial charge in [0.25, 0.3) is 0 Å². The number of pyridine rings is 1. The molecule has 2 rings (SSSR count). The van der Waals surface area contributed by atoms with Crippen molar-refractivity contribution < 1.29 is 13.2 Å². The van der Waals surface area contributed by atoms with E-state index in [4.69, 9.17) is 0 Å². The smallest absolute Gasteiger partial charge is 0.260 e. The molecule has 5 heteroatoms. The molecule has 1 saturated carbocycles. The highest BCUT2D eigenvalue weighted by Crippen LogP contribution is 2.46. The third kappa shape index (κ3) is 3.21. The number of hydrogen-bond donors (Lipinski definition) is 0. The Bertz CT molecular complexity index is 413. The van der Waals surface area contributed by atoms with Gasteiger partial charge in [0.2, 0.25) is 0 Å². The lowest BCUT2D eigenvalue weighted by atomic mass is 9.96. The van der Waals surface area contributed by atoms with E-state index in [0.717, 1.165) is 10.0 Å². The molecule has 0 aromatic carbocycles. The van der Waals surface area contributed by atoms with Crippen molar-refractivity contribution in [1.29, 1.82) is 0 Å². The van der Waals surface area contributed by atoms with Crippen molar-refractivity contribution in [2.24, 2.45) is 11.8 Å². The Labute approximate surface area is 107 Å². The standard InChI is InChI=1S/C12H13BrF3N/c1-7-4-9(17-6-11(7)13)5-10(8-2-3-8)12(14,15)16/h4,6,8,10H,2-3,5H2,1H3. The predicted molar refractivity (Wildman–Crippen MR) is 62.6 cm³/mol. The molecule has 0 saturated heterocycles. The highest BCUT2D eigenvalue weighted by molar-refractivity contribution is 9.10. The van der Waals surface area contributed by atoms with Gasteiger partial charge in [-0.15, -0.1) is 0 Å². The van der Waals surface area contributed by atoms with Gasteiger partial charge in [0.15, 0.2) is 0 Å². The Morgan fingerprint density at radius 3 is 2.59 bits per heavy atom. The van der Waals surface area contributed by atoms with E-state index in [2.05, 4.69) is 20.9 Å². The van der Waals surface area contributed by atoms with Crippen LogP contribution in [0.25, 0.3) is 0 Å². The van der Waals surface area contributed by atoms with Gasteiger partial charge in [-0.3, -0.25) is 4.98 Å². The third-order valence-electron chi connectivity index (χ3n) is 3.14. The summed E-state index contributed by atoms with van der Waals surface area (Å²) in [5.74, 6) is -1.42. The Balaban J connectivity index is 2.14. The molecule has 1 aromatic rings. The molecule has 94 valence electrons. The molecular weight excluding hydrogens is 295 g/mol. The summed E-state index contributed by atoms with van der Waals surface area (Å²) in [6.45, 7) is 1.86. The topological polar surface area (TPSA) is 12.9 Å². The van der Waals surface area contributed by atoms with Crippen LogP contribution in [0.15, 0.2) is 16.7 Å². The van der Waals surface area contributed by atoms with Crippen molar-refractivity contribution >= 4 is 15.9 Å². The molecule has 1 aromatic heterocycles. The van der Waals surface area contributed by atoms with Crippen LogP contribution in [0, 0.1) is 18.8 Å². The minimum absolute atomic E-state index is 0.00227. The average Bonchev–Trinajstić information content (AvgIpc) is 3.01. The second-order valence-electron chi connectivity index (χ2n) is 4.61. The third-order valence-corrected chi connectivity index (χ3v) is 3.97. The Morgan fingerprint density at radius 1 is 1.47 bits per heavy atom. The number of alkyl halides is 3. The van der Waals surface area contributed by atoms with Crippen molar-refractivity contribution in [2.45, 2.75) is 32.4 Å². The molecule has 1 fully saturated rings. The maximum Gasteiger partial charge on any atom is 0.392 e. The summed E-state index contributed by atoms with van der Waals surface area (Å²) in [4.78, 5) is 4.06.